The highest BCUT2D eigenvalue weighted by Gasteiger charge is 2.17. The van der Waals surface area contributed by atoms with Crippen molar-refractivity contribution in [1.82, 2.24) is 15.0 Å². The highest BCUT2D eigenvalue weighted by molar-refractivity contribution is 7.99. The third kappa shape index (κ3) is 5.02. The van der Waals surface area contributed by atoms with Gasteiger partial charge in [-0.2, -0.15) is 15.0 Å². The van der Waals surface area contributed by atoms with Crippen molar-refractivity contribution in [3.63, 3.8) is 0 Å². The largest absolute Gasteiger partial charge is 0.354 e. The Bertz CT molecular complexity index is 434. The van der Waals surface area contributed by atoms with Gasteiger partial charge in [-0.1, -0.05) is 32.5 Å². The van der Waals surface area contributed by atoms with Gasteiger partial charge in [0.05, 0.1) is 0 Å². The second-order valence-electron chi connectivity index (χ2n) is 5.55. The summed E-state index contributed by atoms with van der Waals surface area (Å²) in [7, 11) is 0. The van der Waals surface area contributed by atoms with Crippen LogP contribution >= 0.6 is 11.8 Å². The van der Waals surface area contributed by atoms with E-state index in [-0.39, 0.29) is 0 Å². The van der Waals surface area contributed by atoms with E-state index in [0.29, 0.717) is 5.25 Å². The third-order valence-electron chi connectivity index (χ3n) is 3.66. The van der Waals surface area contributed by atoms with Crippen molar-refractivity contribution in [2.45, 2.75) is 63.3 Å². The number of hydrogen-bond donors (Lipinski definition) is 1. The number of anilines is 2. The van der Waals surface area contributed by atoms with E-state index >= 15 is 0 Å². The van der Waals surface area contributed by atoms with Gasteiger partial charge in [-0.3, -0.25) is 0 Å². The molecule has 0 saturated carbocycles. The fourth-order valence-corrected chi connectivity index (χ4v) is 3.01. The van der Waals surface area contributed by atoms with E-state index < -0.39 is 0 Å². The summed E-state index contributed by atoms with van der Waals surface area (Å²) in [5.74, 6) is 1.56. The zero-order valence-corrected chi connectivity index (χ0v) is 14.2. The molecule has 1 aromatic rings. The summed E-state index contributed by atoms with van der Waals surface area (Å²) in [6, 6.07) is 0. The molecular formula is C15H27N5S. The molecule has 5 nitrogen and oxygen atoms in total. The molecule has 1 fully saturated rings. The van der Waals surface area contributed by atoms with Gasteiger partial charge in [-0.25, -0.2) is 0 Å². The van der Waals surface area contributed by atoms with Gasteiger partial charge in [0.2, 0.25) is 11.9 Å². The molecule has 0 spiro atoms. The molecule has 1 aliphatic rings. The zero-order valence-electron chi connectivity index (χ0n) is 13.4. The normalized spacial score (nSPS) is 16.8. The monoisotopic (exact) mass is 309 g/mol. The smallest absolute Gasteiger partial charge is 0.231 e. The fraction of sp³-hybridized carbons (Fsp3) is 0.800. The van der Waals surface area contributed by atoms with Crippen molar-refractivity contribution in [1.29, 1.82) is 0 Å². The average molecular weight is 309 g/mol. The van der Waals surface area contributed by atoms with Crippen molar-refractivity contribution in [2.24, 2.45) is 0 Å². The Balaban J connectivity index is 2.18. The predicted octanol–water partition coefficient (Wildman–Crippen LogP) is 3.57. The summed E-state index contributed by atoms with van der Waals surface area (Å²) < 4.78 is 0. The van der Waals surface area contributed by atoms with E-state index in [1.165, 1.54) is 19.3 Å². The minimum atomic E-state index is 0.528. The molecular weight excluding hydrogens is 282 g/mol. The molecule has 1 aromatic heterocycles. The molecule has 0 bridgehead atoms. The van der Waals surface area contributed by atoms with Gasteiger partial charge in [0.1, 0.15) is 0 Å². The lowest BCUT2D eigenvalue weighted by Gasteiger charge is -2.27. The number of nitrogens with one attached hydrogen (secondary N) is 1. The van der Waals surface area contributed by atoms with Crippen LogP contribution < -0.4 is 10.2 Å². The van der Waals surface area contributed by atoms with Crippen LogP contribution in [0.5, 0.6) is 0 Å². The number of nitrogens with zero attached hydrogens (tertiary/aromatic N) is 4. The molecule has 1 N–H and O–H groups in total. The summed E-state index contributed by atoms with van der Waals surface area (Å²) in [6.07, 6.45) is 5.97. The van der Waals surface area contributed by atoms with Crippen LogP contribution in [0.3, 0.4) is 0 Å². The Morgan fingerprint density at radius 2 is 1.90 bits per heavy atom. The maximum absolute atomic E-state index is 4.68. The van der Waals surface area contributed by atoms with Gasteiger partial charge >= 0.3 is 0 Å². The summed E-state index contributed by atoms with van der Waals surface area (Å²) in [5, 5.41) is 4.68. The second kappa shape index (κ2) is 8.41. The first kappa shape index (κ1) is 16.3. The molecule has 2 rings (SSSR count). The van der Waals surface area contributed by atoms with Crippen LogP contribution in [-0.2, 0) is 0 Å². The molecule has 1 unspecified atom stereocenters. The van der Waals surface area contributed by atoms with E-state index in [2.05, 4.69) is 45.9 Å². The number of piperidine rings is 1. The molecule has 1 saturated heterocycles. The molecule has 2 heterocycles. The minimum Gasteiger partial charge on any atom is -0.354 e. The number of aromatic nitrogens is 3. The van der Waals surface area contributed by atoms with Crippen LogP contribution in [0.2, 0.25) is 0 Å². The molecule has 118 valence electrons. The van der Waals surface area contributed by atoms with E-state index in [0.717, 1.165) is 49.5 Å². The van der Waals surface area contributed by atoms with Crippen LogP contribution in [0, 0.1) is 0 Å². The van der Waals surface area contributed by atoms with Crippen molar-refractivity contribution in [2.75, 3.05) is 29.9 Å². The number of rotatable bonds is 7. The lowest BCUT2D eigenvalue weighted by atomic mass is 10.1. The van der Waals surface area contributed by atoms with Crippen LogP contribution in [-0.4, -0.2) is 39.8 Å². The van der Waals surface area contributed by atoms with Gasteiger partial charge < -0.3 is 10.2 Å². The summed E-state index contributed by atoms with van der Waals surface area (Å²) >= 11 is 1.74. The average Bonchev–Trinajstić information content (AvgIpc) is 2.53. The van der Waals surface area contributed by atoms with E-state index in [9.17, 15) is 0 Å². The molecule has 0 aromatic carbocycles. The number of thioether (sulfide) groups is 1. The van der Waals surface area contributed by atoms with Crippen LogP contribution in [0.4, 0.5) is 11.9 Å². The molecule has 1 atom stereocenters. The topological polar surface area (TPSA) is 53.9 Å². The van der Waals surface area contributed by atoms with E-state index in [1.807, 2.05) is 0 Å². The second-order valence-corrected chi connectivity index (χ2v) is 6.96. The summed E-state index contributed by atoms with van der Waals surface area (Å²) in [4.78, 5) is 16.1. The first-order valence-electron chi connectivity index (χ1n) is 8.14. The first-order chi connectivity index (χ1) is 10.2. The van der Waals surface area contributed by atoms with Crippen molar-refractivity contribution >= 4 is 23.7 Å². The highest BCUT2D eigenvalue weighted by atomic mass is 32.2. The predicted molar refractivity (Wildman–Crippen MR) is 90.3 cm³/mol. The summed E-state index contributed by atoms with van der Waals surface area (Å²) in [5.41, 5.74) is 0. The molecule has 21 heavy (non-hydrogen) atoms. The first-order valence-corrected chi connectivity index (χ1v) is 9.02. The van der Waals surface area contributed by atoms with Crippen molar-refractivity contribution < 1.29 is 0 Å². The van der Waals surface area contributed by atoms with Crippen LogP contribution in [0.15, 0.2) is 5.16 Å². The Labute approximate surface area is 132 Å². The Hall–Kier alpha value is -1.04. The molecule has 6 heteroatoms. The minimum absolute atomic E-state index is 0.528. The molecule has 1 aliphatic heterocycles. The standard InChI is InChI=1S/C15H27N5S/c1-4-9-16-13-17-14(20-10-7-6-8-11-20)19-15(18-13)21-12(3)5-2/h12H,4-11H2,1-3H3,(H,16,17,18,19). The van der Waals surface area contributed by atoms with Crippen molar-refractivity contribution in [3.05, 3.63) is 0 Å². The highest BCUT2D eigenvalue weighted by Crippen LogP contribution is 2.25. The quantitative estimate of drug-likeness (QED) is 0.777. The SMILES string of the molecule is CCCNc1nc(SC(C)CC)nc(N2CCCCC2)n1. The van der Waals surface area contributed by atoms with Crippen molar-refractivity contribution in [3.8, 4) is 0 Å². The number of hydrogen-bond acceptors (Lipinski definition) is 6. The fourth-order valence-electron chi connectivity index (χ4n) is 2.21. The van der Waals surface area contributed by atoms with Gasteiger partial charge in [-0.05, 0) is 32.1 Å². The van der Waals surface area contributed by atoms with E-state index in [1.54, 1.807) is 11.8 Å². The Morgan fingerprint density at radius 1 is 1.14 bits per heavy atom. The lowest BCUT2D eigenvalue weighted by Crippen LogP contribution is -2.31. The van der Waals surface area contributed by atoms with Crippen LogP contribution in [0.25, 0.3) is 0 Å². The maximum Gasteiger partial charge on any atom is 0.231 e. The maximum atomic E-state index is 4.68. The Kier molecular flexibility index (Phi) is 6.54. The third-order valence-corrected chi connectivity index (χ3v) is 4.79. The molecule has 0 amide bonds. The molecule has 0 radical (unpaired) electrons. The van der Waals surface area contributed by atoms with Gasteiger partial charge in [0.15, 0.2) is 5.16 Å². The summed E-state index contributed by atoms with van der Waals surface area (Å²) in [6.45, 7) is 9.58. The van der Waals surface area contributed by atoms with Gasteiger partial charge in [-0.15, -0.1) is 0 Å². The van der Waals surface area contributed by atoms with Gasteiger partial charge in [0, 0.05) is 24.9 Å². The van der Waals surface area contributed by atoms with E-state index in [4.69, 9.17) is 0 Å². The Morgan fingerprint density at radius 3 is 2.57 bits per heavy atom. The molecule has 0 aliphatic carbocycles. The van der Waals surface area contributed by atoms with Crippen LogP contribution in [0.1, 0.15) is 52.9 Å². The van der Waals surface area contributed by atoms with Gasteiger partial charge in [0.25, 0.3) is 0 Å². The lowest BCUT2D eigenvalue weighted by molar-refractivity contribution is 0.565. The zero-order chi connectivity index (χ0) is 15.1.